The number of aryl methyl sites for hydroxylation is 1. The van der Waals surface area contributed by atoms with Gasteiger partial charge >= 0.3 is 17.9 Å². The number of nitrogens with zero attached hydrogens (tertiary/aromatic N) is 2. The summed E-state index contributed by atoms with van der Waals surface area (Å²) in [6, 6.07) is 23.8. The van der Waals surface area contributed by atoms with Gasteiger partial charge in [-0.1, -0.05) is 66.0 Å². The number of Topliss-reactive ketones (excluding diaryl/α,β-unsaturated/α-hetero) is 1. The van der Waals surface area contributed by atoms with Crippen LogP contribution in [0.25, 0.3) is 33.4 Å². The Balaban J connectivity index is 0.000000238. The fraction of sp³-hybridized carbons (Fsp3) is 0.186. The Bertz CT molecular complexity index is 4100. The molecule has 0 radical (unpaired) electrons. The van der Waals surface area contributed by atoms with Crippen LogP contribution in [0.5, 0.6) is 28.7 Å². The number of esters is 2. The summed E-state index contributed by atoms with van der Waals surface area (Å²) in [6.07, 6.45) is 0.395. The van der Waals surface area contributed by atoms with Gasteiger partial charge in [0, 0.05) is 94.6 Å². The number of rotatable bonds is 19. The maximum atomic E-state index is 13.0. The zero-order chi connectivity index (χ0) is 60.3. The van der Waals surface area contributed by atoms with Gasteiger partial charge in [0.15, 0.2) is 17.1 Å². The number of phenolic OH excluding ortho intramolecular Hbond substituents is 1. The summed E-state index contributed by atoms with van der Waals surface area (Å²) in [6.45, 7) is 4.33. The van der Waals surface area contributed by atoms with Crippen LogP contribution >= 0.6 is 46.4 Å². The number of aromatic hydroxyl groups is 1. The molecule has 3 N–H and O–H groups in total. The highest BCUT2D eigenvalue weighted by atomic mass is 35.5. The number of ketones is 1. The van der Waals surface area contributed by atoms with Gasteiger partial charge in [0.1, 0.15) is 40.0 Å². The fourth-order valence-corrected chi connectivity index (χ4v) is 10.2. The SMILES string of the molecule is C.CC(=O)Oc1cc2c(cc1Cl)C1(OC(=O)c3cc(OC=O)ccc31)c1cc(Cl)c(C)cc1O2.O=C(CCCOCCOCCNc1ccc([N+](=O)[O-])cc1[N+](=O)[O-])c1ccc(-c2c3cc(Cl)c(=O)cc-3oc3cc(O)c(Cl)cc23)c(C(=O)O)c1. The van der Waals surface area contributed by atoms with Gasteiger partial charge in [-0.25, -0.2) is 9.59 Å². The Kier molecular flexibility index (Phi) is 18.8. The van der Waals surface area contributed by atoms with E-state index in [0.717, 1.165) is 23.8 Å². The molecule has 0 saturated heterocycles. The van der Waals surface area contributed by atoms with E-state index >= 15 is 0 Å². The predicted molar refractivity (Wildman–Crippen MR) is 311 cm³/mol. The fourth-order valence-electron chi connectivity index (χ4n) is 9.48. The Hall–Kier alpha value is -9.16. The number of halogens is 4. The van der Waals surface area contributed by atoms with Gasteiger partial charge in [-0.2, -0.15) is 0 Å². The molecule has 26 heteroatoms. The van der Waals surface area contributed by atoms with Crippen LogP contribution in [0.4, 0.5) is 17.1 Å². The third kappa shape index (κ3) is 12.7. The van der Waals surface area contributed by atoms with Crippen LogP contribution in [-0.4, -0.2) is 83.2 Å². The minimum absolute atomic E-state index is 0. The molecular formula is C59H45Cl4N3O19. The van der Waals surface area contributed by atoms with E-state index in [1.54, 1.807) is 24.3 Å². The number of anilines is 1. The predicted octanol–water partition coefficient (Wildman–Crippen LogP) is 13.2. The molecule has 438 valence electrons. The number of benzene rings is 7. The second-order valence-electron chi connectivity index (χ2n) is 18.6. The molecule has 0 fully saturated rings. The van der Waals surface area contributed by atoms with Crippen LogP contribution in [0.2, 0.25) is 20.1 Å². The number of hydrogen-bond donors (Lipinski definition) is 3. The van der Waals surface area contributed by atoms with Gasteiger partial charge < -0.3 is 48.4 Å². The van der Waals surface area contributed by atoms with Crippen LogP contribution in [0, 0.1) is 27.2 Å². The standard InChI is InChI=1S/C34H27Cl2N3O12.C24H14Cl2O7.CH4/c35-24-14-22-31(16-29(24)41)51-32-17-30(42)25(36)15-23(32)33(22)20-5-3-18(12-21(20)34(43)44)28(40)2-1-8-49-10-11-50-9-7-37-26-6-4-19(38(45)46)13-27(26)39(47)48;1-11-5-20-16(7-18(11)25)24(15-4-3-13(30-10-27)6-14(15)23(29)33-24)17-8-19(26)22(31-12(2)28)9-21(17)32-20;/h3-6,12-17,37,41H,1-2,7-11H2,(H,43,44);3-10H,1-2H3;1H4. The molecule has 3 heterocycles. The Morgan fingerprint density at radius 3 is 2.16 bits per heavy atom. The van der Waals surface area contributed by atoms with Crippen LogP contribution in [0.1, 0.15) is 80.5 Å². The van der Waals surface area contributed by atoms with Crippen LogP contribution < -0.4 is 25.0 Å². The van der Waals surface area contributed by atoms with Crippen molar-refractivity contribution in [3.63, 3.8) is 0 Å². The van der Waals surface area contributed by atoms with Gasteiger partial charge in [-0.05, 0) is 85.1 Å². The molecule has 0 aromatic heterocycles. The maximum absolute atomic E-state index is 13.0. The normalized spacial score (nSPS) is 13.5. The molecule has 1 aliphatic carbocycles. The first kappa shape index (κ1) is 61.9. The van der Waals surface area contributed by atoms with Gasteiger partial charge in [-0.15, -0.1) is 0 Å². The van der Waals surface area contributed by atoms with E-state index in [9.17, 15) is 59.2 Å². The van der Waals surface area contributed by atoms with Crippen molar-refractivity contribution in [2.24, 2.45) is 0 Å². The molecule has 0 bridgehead atoms. The van der Waals surface area contributed by atoms with E-state index < -0.39 is 50.2 Å². The summed E-state index contributed by atoms with van der Waals surface area (Å²) in [5.74, 6) is -2.00. The van der Waals surface area contributed by atoms with E-state index in [-0.39, 0.29) is 131 Å². The average molecular weight is 1240 g/mol. The van der Waals surface area contributed by atoms with E-state index in [1.165, 1.54) is 67.6 Å². The number of carboxylic acids is 1. The Morgan fingerprint density at radius 2 is 1.47 bits per heavy atom. The molecule has 6 aromatic rings. The van der Waals surface area contributed by atoms with Crippen molar-refractivity contribution in [2.75, 3.05) is 38.3 Å². The summed E-state index contributed by atoms with van der Waals surface area (Å²) >= 11 is 25.2. The Morgan fingerprint density at radius 1 is 0.753 bits per heavy atom. The lowest BCUT2D eigenvalue weighted by Gasteiger charge is -2.37. The minimum atomic E-state index is -1.44. The lowest BCUT2D eigenvalue weighted by Crippen LogP contribution is -2.33. The zero-order valence-electron chi connectivity index (χ0n) is 43.6. The molecule has 0 saturated carbocycles. The number of aromatic carboxylic acids is 1. The van der Waals surface area contributed by atoms with Crippen LogP contribution in [-0.2, 0) is 29.4 Å². The number of ether oxygens (including phenoxy) is 6. The maximum Gasteiger partial charge on any atom is 0.340 e. The number of non-ortho nitro benzene ring substituents is 1. The molecule has 1 spiro atoms. The van der Waals surface area contributed by atoms with Gasteiger partial charge in [0.25, 0.3) is 17.8 Å². The van der Waals surface area contributed by atoms with E-state index in [4.69, 9.17) is 79.2 Å². The molecule has 6 aromatic carbocycles. The zero-order valence-corrected chi connectivity index (χ0v) is 46.6. The third-order valence-electron chi connectivity index (χ3n) is 13.2. The van der Waals surface area contributed by atoms with Gasteiger partial charge in [0.05, 0.1) is 61.9 Å². The van der Waals surface area contributed by atoms with Crippen molar-refractivity contribution in [3.05, 3.63) is 193 Å². The molecule has 10 rings (SSSR count). The third-order valence-corrected chi connectivity index (χ3v) is 14.5. The van der Waals surface area contributed by atoms with Crippen molar-refractivity contribution in [3.8, 4) is 51.2 Å². The minimum Gasteiger partial charge on any atom is -0.506 e. The van der Waals surface area contributed by atoms with E-state index in [2.05, 4.69) is 5.32 Å². The van der Waals surface area contributed by atoms with Crippen molar-refractivity contribution in [2.45, 2.75) is 39.7 Å². The Labute approximate surface area is 500 Å². The molecule has 85 heavy (non-hydrogen) atoms. The average Bonchev–Trinajstić information content (AvgIpc) is 2.01. The quantitative estimate of drug-likeness (QED) is 0.00990. The molecule has 0 amide bonds. The number of carboxylic acid groups (broad SMARTS) is 1. The number of carbonyl (C=O) groups excluding carboxylic acids is 4. The topological polar surface area (TPSA) is 310 Å². The summed E-state index contributed by atoms with van der Waals surface area (Å²) in [5, 5.41) is 46.0. The molecule has 4 aliphatic rings. The summed E-state index contributed by atoms with van der Waals surface area (Å²) in [5.41, 5.74) is 0.655. The number of hydrogen-bond acceptors (Lipinski definition) is 19. The smallest absolute Gasteiger partial charge is 0.340 e. The van der Waals surface area contributed by atoms with Crippen molar-refractivity contribution in [1.82, 2.24) is 0 Å². The first-order valence-electron chi connectivity index (χ1n) is 24.9. The van der Waals surface area contributed by atoms with E-state index in [0.29, 0.717) is 56.1 Å². The lowest BCUT2D eigenvalue weighted by atomic mass is 9.77. The lowest BCUT2D eigenvalue weighted by molar-refractivity contribution is -0.393. The van der Waals surface area contributed by atoms with Gasteiger partial charge in [-0.3, -0.25) is 39.4 Å². The second-order valence-corrected chi connectivity index (χ2v) is 20.2. The van der Waals surface area contributed by atoms with Crippen LogP contribution in [0.15, 0.2) is 112 Å². The number of nitro benzene ring substituents is 2. The van der Waals surface area contributed by atoms with Crippen LogP contribution in [0.3, 0.4) is 0 Å². The monoisotopic (exact) mass is 1240 g/mol. The van der Waals surface area contributed by atoms with Crippen molar-refractivity contribution >= 4 is 105 Å². The largest absolute Gasteiger partial charge is 0.506 e. The number of nitro groups is 2. The number of fused-ring (bicyclic) bond motifs is 8. The molecular weight excluding hydrogens is 1200 g/mol. The number of nitrogens with one attached hydrogen (secondary N) is 1. The molecule has 1 atom stereocenters. The number of carbonyl (C=O) groups is 5. The first-order chi connectivity index (χ1) is 40.1. The summed E-state index contributed by atoms with van der Waals surface area (Å²) < 4.78 is 39.0. The van der Waals surface area contributed by atoms with E-state index in [1.807, 2.05) is 6.92 Å². The first-order valence-corrected chi connectivity index (χ1v) is 26.4. The summed E-state index contributed by atoms with van der Waals surface area (Å²) in [7, 11) is 0. The number of phenols is 1. The molecule has 3 aliphatic heterocycles. The highest BCUT2D eigenvalue weighted by Gasteiger charge is 2.54. The van der Waals surface area contributed by atoms with Crippen molar-refractivity contribution < 1.29 is 76.9 Å². The van der Waals surface area contributed by atoms with Crippen molar-refractivity contribution in [1.29, 1.82) is 0 Å². The molecule has 22 nitrogen and oxygen atoms in total. The van der Waals surface area contributed by atoms with Gasteiger partial charge in [0.2, 0.25) is 5.43 Å². The second kappa shape index (κ2) is 25.8. The highest BCUT2D eigenvalue weighted by Crippen LogP contribution is 2.58. The summed E-state index contributed by atoms with van der Waals surface area (Å²) in [4.78, 5) is 93.8. The highest BCUT2D eigenvalue weighted by molar-refractivity contribution is 6.34. The molecule has 1 unspecified atom stereocenters.